The van der Waals surface area contributed by atoms with E-state index in [1.807, 2.05) is 25.1 Å². The number of fused-ring (bicyclic) bond motifs is 1. The number of halogens is 2. The van der Waals surface area contributed by atoms with Crippen LogP contribution in [-0.4, -0.2) is 11.3 Å². The maximum atomic E-state index is 11.4. The summed E-state index contributed by atoms with van der Waals surface area (Å²) in [6, 6.07) is 7.72. The Balaban J connectivity index is 2.35. The molecule has 0 aliphatic carbocycles. The first-order chi connectivity index (χ1) is 9.10. The van der Waals surface area contributed by atoms with E-state index < -0.39 is 0 Å². The van der Waals surface area contributed by atoms with Crippen LogP contribution < -0.4 is 0 Å². The number of aldehydes is 1. The standard InChI is InChI=1S/C14H9Cl2NOS/c1-7-2-3-11-8(4-7)10(6-18)13(17-11)9-5-12(15)19-14(9)16/h2-6,17H,1H3. The van der Waals surface area contributed by atoms with E-state index in [1.165, 1.54) is 11.3 Å². The zero-order valence-corrected chi connectivity index (χ0v) is 12.3. The second-order valence-corrected chi connectivity index (χ2v) is 6.60. The van der Waals surface area contributed by atoms with E-state index in [-0.39, 0.29) is 0 Å². The third kappa shape index (κ3) is 2.08. The number of nitrogens with one attached hydrogen (secondary N) is 1. The molecule has 19 heavy (non-hydrogen) atoms. The zero-order valence-electron chi connectivity index (χ0n) is 9.96. The van der Waals surface area contributed by atoms with E-state index in [4.69, 9.17) is 23.2 Å². The molecule has 0 spiro atoms. The summed E-state index contributed by atoms with van der Waals surface area (Å²) in [5, 5.41) is 0.906. The Morgan fingerprint density at radius 1 is 1.26 bits per heavy atom. The van der Waals surface area contributed by atoms with Crippen molar-refractivity contribution in [1.82, 2.24) is 4.98 Å². The Bertz CT molecular complexity index is 788. The van der Waals surface area contributed by atoms with Crippen LogP contribution in [0.15, 0.2) is 24.3 Å². The molecule has 96 valence electrons. The smallest absolute Gasteiger partial charge is 0.152 e. The molecule has 0 aliphatic rings. The monoisotopic (exact) mass is 309 g/mol. The molecular weight excluding hydrogens is 301 g/mol. The molecule has 0 radical (unpaired) electrons. The number of aryl methyl sites for hydroxylation is 1. The lowest BCUT2D eigenvalue weighted by Gasteiger charge is -1.96. The van der Waals surface area contributed by atoms with E-state index in [1.54, 1.807) is 6.07 Å². The molecule has 3 rings (SSSR count). The summed E-state index contributed by atoms with van der Waals surface area (Å²) in [5.74, 6) is 0. The van der Waals surface area contributed by atoms with Crippen molar-refractivity contribution >= 4 is 51.7 Å². The summed E-state index contributed by atoms with van der Waals surface area (Å²) in [6.07, 6.45) is 0.857. The molecule has 2 nitrogen and oxygen atoms in total. The third-order valence-electron chi connectivity index (χ3n) is 3.04. The van der Waals surface area contributed by atoms with Gasteiger partial charge in [-0.15, -0.1) is 11.3 Å². The van der Waals surface area contributed by atoms with Gasteiger partial charge in [0.2, 0.25) is 0 Å². The van der Waals surface area contributed by atoms with E-state index in [9.17, 15) is 4.79 Å². The molecule has 0 unspecified atom stereocenters. The van der Waals surface area contributed by atoms with Crippen molar-refractivity contribution in [3.63, 3.8) is 0 Å². The number of H-pyrrole nitrogens is 1. The lowest BCUT2D eigenvalue weighted by atomic mass is 10.1. The van der Waals surface area contributed by atoms with Crippen LogP contribution in [0.4, 0.5) is 0 Å². The summed E-state index contributed by atoms with van der Waals surface area (Å²) in [5.41, 5.74) is 4.14. The first-order valence-electron chi connectivity index (χ1n) is 5.63. The van der Waals surface area contributed by atoms with Crippen LogP contribution in [0.2, 0.25) is 8.67 Å². The van der Waals surface area contributed by atoms with Crippen LogP contribution in [0, 0.1) is 6.92 Å². The number of benzene rings is 1. The number of carbonyl (C=O) groups is 1. The Labute approximate surface area is 124 Å². The van der Waals surface area contributed by atoms with Crippen molar-refractivity contribution in [1.29, 1.82) is 0 Å². The highest BCUT2D eigenvalue weighted by atomic mass is 35.5. The fourth-order valence-corrected chi connectivity index (χ4v) is 3.65. The number of aromatic nitrogens is 1. The molecule has 2 heterocycles. The molecule has 0 saturated carbocycles. The Kier molecular flexibility index (Phi) is 3.13. The predicted molar refractivity (Wildman–Crippen MR) is 81.8 cm³/mol. The van der Waals surface area contributed by atoms with Gasteiger partial charge >= 0.3 is 0 Å². The number of aromatic amines is 1. The fourth-order valence-electron chi connectivity index (χ4n) is 2.17. The van der Waals surface area contributed by atoms with Crippen LogP contribution in [0.25, 0.3) is 22.2 Å². The van der Waals surface area contributed by atoms with E-state index in [0.717, 1.165) is 34.0 Å². The molecule has 3 aromatic rings. The lowest BCUT2D eigenvalue weighted by Crippen LogP contribution is -1.83. The fraction of sp³-hybridized carbons (Fsp3) is 0.0714. The van der Waals surface area contributed by atoms with Gasteiger partial charge < -0.3 is 4.98 Å². The lowest BCUT2D eigenvalue weighted by molar-refractivity contribution is 0.112. The van der Waals surface area contributed by atoms with Crippen molar-refractivity contribution in [3.05, 3.63) is 44.1 Å². The minimum absolute atomic E-state index is 0.580. The van der Waals surface area contributed by atoms with Crippen molar-refractivity contribution in [2.75, 3.05) is 0 Å². The molecule has 0 bridgehead atoms. The summed E-state index contributed by atoms with van der Waals surface area (Å²) in [7, 11) is 0. The van der Waals surface area contributed by atoms with Crippen LogP contribution in [0.3, 0.4) is 0 Å². The predicted octanol–water partition coefficient (Wildman–Crippen LogP) is 5.32. The summed E-state index contributed by atoms with van der Waals surface area (Å²) in [4.78, 5) is 14.7. The molecule has 0 fully saturated rings. The third-order valence-corrected chi connectivity index (χ3v) is 4.53. The molecule has 0 saturated heterocycles. The molecule has 5 heteroatoms. The second-order valence-electron chi connectivity index (χ2n) is 4.32. The highest BCUT2D eigenvalue weighted by Gasteiger charge is 2.17. The van der Waals surface area contributed by atoms with Crippen LogP contribution in [0.5, 0.6) is 0 Å². The average molecular weight is 310 g/mol. The van der Waals surface area contributed by atoms with E-state index in [2.05, 4.69) is 4.98 Å². The number of hydrogen-bond acceptors (Lipinski definition) is 2. The van der Waals surface area contributed by atoms with Gasteiger partial charge in [-0.2, -0.15) is 0 Å². The SMILES string of the molecule is Cc1ccc2[nH]c(-c3cc(Cl)sc3Cl)c(C=O)c2c1. The minimum atomic E-state index is 0.580. The highest BCUT2D eigenvalue weighted by Crippen LogP contribution is 2.40. The van der Waals surface area contributed by atoms with Gasteiger partial charge in [-0.25, -0.2) is 0 Å². The van der Waals surface area contributed by atoms with Gasteiger partial charge in [0.1, 0.15) is 4.34 Å². The van der Waals surface area contributed by atoms with Gasteiger partial charge in [0.05, 0.1) is 10.0 Å². The van der Waals surface area contributed by atoms with Crippen molar-refractivity contribution in [2.24, 2.45) is 0 Å². The highest BCUT2D eigenvalue weighted by molar-refractivity contribution is 7.20. The van der Waals surface area contributed by atoms with Crippen molar-refractivity contribution < 1.29 is 4.79 Å². The van der Waals surface area contributed by atoms with Crippen molar-refractivity contribution in [2.45, 2.75) is 6.92 Å². The molecular formula is C14H9Cl2NOS. The number of hydrogen-bond donors (Lipinski definition) is 1. The van der Waals surface area contributed by atoms with Gasteiger partial charge in [0.15, 0.2) is 6.29 Å². The van der Waals surface area contributed by atoms with Gasteiger partial charge in [0.25, 0.3) is 0 Å². The summed E-state index contributed by atoms with van der Waals surface area (Å²) in [6.45, 7) is 2.00. The van der Waals surface area contributed by atoms with Crippen LogP contribution in [0.1, 0.15) is 15.9 Å². The first kappa shape index (κ1) is 12.7. The van der Waals surface area contributed by atoms with Gasteiger partial charge in [-0.1, -0.05) is 34.8 Å². The largest absolute Gasteiger partial charge is 0.354 e. The summed E-state index contributed by atoms with van der Waals surface area (Å²) >= 11 is 13.4. The maximum Gasteiger partial charge on any atom is 0.152 e. The zero-order chi connectivity index (χ0) is 13.6. The Hall–Kier alpha value is -1.29. The van der Waals surface area contributed by atoms with Crippen LogP contribution in [-0.2, 0) is 0 Å². The molecule has 1 aromatic carbocycles. The van der Waals surface area contributed by atoms with Gasteiger partial charge in [-0.05, 0) is 25.1 Å². The minimum Gasteiger partial charge on any atom is -0.354 e. The molecule has 2 aromatic heterocycles. The van der Waals surface area contributed by atoms with Gasteiger partial charge in [-0.3, -0.25) is 4.79 Å². The van der Waals surface area contributed by atoms with Crippen LogP contribution >= 0.6 is 34.5 Å². The van der Waals surface area contributed by atoms with Crippen molar-refractivity contribution in [3.8, 4) is 11.3 Å². The van der Waals surface area contributed by atoms with E-state index in [0.29, 0.717) is 14.2 Å². The van der Waals surface area contributed by atoms with Gasteiger partial charge in [0, 0.05) is 22.0 Å². The molecule has 1 N–H and O–H groups in total. The number of rotatable bonds is 2. The second kappa shape index (κ2) is 4.67. The molecule has 0 aliphatic heterocycles. The quantitative estimate of drug-likeness (QED) is 0.638. The summed E-state index contributed by atoms with van der Waals surface area (Å²) < 4.78 is 1.18. The normalized spacial score (nSPS) is 11.1. The maximum absolute atomic E-state index is 11.4. The Morgan fingerprint density at radius 3 is 2.68 bits per heavy atom. The number of thiophene rings is 1. The first-order valence-corrected chi connectivity index (χ1v) is 7.20. The Morgan fingerprint density at radius 2 is 2.05 bits per heavy atom. The van der Waals surface area contributed by atoms with E-state index >= 15 is 0 Å². The molecule has 0 atom stereocenters. The molecule has 0 amide bonds. The topological polar surface area (TPSA) is 32.9 Å². The average Bonchev–Trinajstić information content (AvgIpc) is 2.88. The number of carbonyl (C=O) groups excluding carboxylic acids is 1.